The van der Waals surface area contributed by atoms with Crippen molar-refractivity contribution in [2.75, 3.05) is 6.26 Å². The van der Waals surface area contributed by atoms with E-state index in [-0.39, 0.29) is 16.4 Å². The fourth-order valence-electron chi connectivity index (χ4n) is 2.68. The average molecular weight is 410 g/mol. The molecule has 1 saturated heterocycles. The first kappa shape index (κ1) is 20.8. The van der Waals surface area contributed by atoms with E-state index in [2.05, 4.69) is 0 Å². The lowest BCUT2D eigenvalue weighted by atomic mass is 9.78. The summed E-state index contributed by atoms with van der Waals surface area (Å²) in [5.41, 5.74) is -1.04. The van der Waals surface area contributed by atoms with Crippen molar-refractivity contribution in [3.63, 3.8) is 0 Å². The van der Waals surface area contributed by atoms with Crippen LogP contribution in [0.25, 0.3) is 0 Å². The lowest BCUT2D eigenvalue weighted by molar-refractivity contribution is 0.00578. The number of rotatable bonds is 4. The van der Waals surface area contributed by atoms with Crippen molar-refractivity contribution in [2.45, 2.75) is 43.8 Å². The maximum absolute atomic E-state index is 14.0. The van der Waals surface area contributed by atoms with E-state index in [9.17, 15) is 17.2 Å². The summed E-state index contributed by atoms with van der Waals surface area (Å²) in [4.78, 5) is 0.0455. The average Bonchev–Trinajstić information content (AvgIpc) is 2.77. The summed E-state index contributed by atoms with van der Waals surface area (Å²) in [7, 11) is -4.43. The number of halogens is 2. The van der Waals surface area contributed by atoms with Gasteiger partial charge in [-0.25, -0.2) is 17.2 Å². The number of ether oxygens (including phenoxy) is 1. The predicted molar refractivity (Wildman–Crippen MR) is 102 cm³/mol. The maximum Gasteiger partial charge on any atom is 0.498 e. The van der Waals surface area contributed by atoms with E-state index in [0.717, 1.165) is 18.4 Å². The molecule has 0 aromatic heterocycles. The van der Waals surface area contributed by atoms with Crippen molar-refractivity contribution in [1.82, 2.24) is 0 Å². The number of hydrogen-bond acceptors (Lipinski definition) is 5. The zero-order valence-corrected chi connectivity index (χ0v) is 17.1. The van der Waals surface area contributed by atoms with Crippen LogP contribution in [0, 0.1) is 11.6 Å². The third-order valence-corrected chi connectivity index (χ3v) is 6.14. The molecule has 28 heavy (non-hydrogen) atoms. The maximum atomic E-state index is 14.0. The largest absolute Gasteiger partial charge is 0.498 e. The Hall–Kier alpha value is -1.97. The summed E-state index contributed by atoms with van der Waals surface area (Å²) in [6.45, 7) is 7.42. The fourth-order valence-corrected chi connectivity index (χ4v) is 3.34. The minimum Gasteiger partial charge on any atom is -0.455 e. The minimum atomic E-state index is -3.51. The van der Waals surface area contributed by atoms with E-state index in [1.54, 1.807) is 0 Å². The monoisotopic (exact) mass is 410 g/mol. The van der Waals surface area contributed by atoms with Gasteiger partial charge in [-0.05, 0) is 58.0 Å². The summed E-state index contributed by atoms with van der Waals surface area (Å²) in [5, 5.41) is 0. The van der Waals surface area contributed by atoms with Crippen LogP contribution in [-0.2, 0) is 19.1 Å². The SMILES string of the molecule is CC1(C)OB(c2cc(S(C)(=O)=O)ccc2Oc2ccc(F)cc2F)OC1(C)C. The van der Waals surface area contributed by atoms with Gasteiger partial charge in [-0.2, -0.15) is 0 Å². The second-order valence-electron chi connectivity index (χ2n) is 7.74. The van der Waals surface area contributed by atoms with E-state index < -0.39 is 39.8 Å². The van der Waals surface area contributed by atoms with Crippen LogP contribution in [0.1, 0.15) is 27.7 Å². The van der Waals surface area contributed by atoms with Gasteiger partial charge in [0.15, 0.2) is 21.4 Å². The molecular formula is C19H21BF2O5S. The fraction of sp³-hybridized carbons (Fsp3) is 0.368. The van der Waals surface area contributed by atoms with Gasteiger partial charge < -0.3 is 14.0 Å². The molecule has 2 aromatic rings. The lowest BCUT2D eigenvalue weighted by Crippen LogP contribution is -2.41. The van der Waals surface area contributed by atoms with Gasteiger partial charge in [0.2, 0.25) is 0 Å². The molecule has 9 heteroatoms. The molecular weight excluding hydrogens is 389 g/mol. The normalized spacial score (nSPS) is 18.3. The Morgan fingerprint density at radius 3 is 2.04 bits per heavy atom. The molecule has 0 aliphatic carbocycles. The zero-order valence-electron chi connectivity index (χ0n) is 16.2. The van der Waals surface area contributed by atoms with Crippen LogP contribution < -0.4 is 10.2 Å². The first-order chi connectivity index (χ1) is 12.8. The molecule has 1 fully saturated rings. The minimum absolute atomic E-state index is 0.0455. The van der Waals surface area contributed by atoms with Crippen LogP contribution in [0.4, 0.5) is 8.78 Å². The van der Waals surface area contributed by atoms with Gasteiger partial charge in [-0.1, -0.05) is 0 Å². The van der Waals surface area contributed by atoms with E-state index in [1.165, 1.54) is 18.2 Å². The van der Waals surface area contributed by atoms with Crippen LogP contribution in [0.5, 0.6) is 11.5 Å². The van der Waals surface area contributed by atoms with Crippen LogP contribution in [0.2, 0.25) is 0 Å². The number of benzene rings is 2. The molecule has 5 nitrogen and oxygen atoms in total. The Morgan fingerprint density at radius 2 is 1.50 bits per heavy atom. The molecule has 1 aliphatic rings. The summed E-state index contributed by atoms with van der Waals surface area (Å²) in [6.07, 6.45) is 1.08. The summed E-state index contributed by atoms with van der Waals surface area (Å²) < 4.78 is 68.8. The highest BCUT2D eigenvalue weighted by atomic mass is 32.2. The van der Waals surface area contributed by atoms with Crippen LogP contribution in [0.15, 0.2) is 41.3 Å². The van der Waals surface area contributed by atoms with Crippen molar-refractivity contribution in [1.29, 1.82) is 0 Å². The van der Waals surface area contributed by atoms with Crippen LogP contribution in [-0.4, -0.2) is 33.0 Å². The molecule has 0 N–H and O–H groups in total. The molecule has 2 aromatic carbocycles. The van der Waals surface area contributed by atoms with Gasteiger partial charge in [0, 0.05) is 17.8 Å². The van der Waals surface area contributed by atoms with Crippen molar-refractivity contribution in [3.05, 3.63) is 48.0 Å². The van der Waals surface area contributed by atoms with Gasteiger partial charge in [-0.3, -0.25) is 0 Å². The second-order valence-corrected chi connectivity index (χ2v) is 9.75. The molecule has 150 valence electrons. The Balaban J connectivity index is 2.08. The number of sulfone groups is 1. The molecule has 0 atom stereocenters. The molecule has 0 saturated carbocycles. The Labute approximate surface area is 163 Å². The molecule has 1 heterocycles. The van der Waals surface area contributed by atoms with Crippen molar-refractivity contribution < 1.29 is 31.2 Å². The van der Waals surface area contributed by atoms with Gasteiger partial charge in [-0.15, -0.1) is 0 Å². The molecule has 0 unspecified atom stereocenters. The summed E-state index contributed by atoms with van der Waals surface area (Å²) in [6, 6.07) is 7.06. The van der Waals surface area contributed by atoms with Crippen molar-refractivity contribution >= 4 is 22.4 Å². The van der Waals surface area contributed by atoms with Gasteiger partial charge in [0.1, 0.15) is 11.6 Å². The van der Waals surface area contributed by atoms with E-state index in [0.29, 0.717) is 11.5 Å². The van der Waals surface area contributed by atoms with Crippen molar-refractivity contribution in [3.8, 4) is 11.5 Å². The predicted octanol–water partition coefficient (Wildman–Crippen LogP) is 3.46. The Kier molecular flexibility index (Phi) is 5.06. The Morgan fingerprint density at radius 1 is 0.929 bits per heavy atom. The van der Waals surface area contributed by atoms with Gasteiger partial charge in [0.05, 0.1) is 16.1 Å². The molecule has 0 radical (unpaired) electrons. The smallest absolute Gasteiger partial charge is 0.455 e. The molecule has 3 rings (SSSR count). The highest BCUT2D eigenvalue weighted by molar-refractivity contribution is 7.90. The summed E-state index contributed by atoms with van der Waals surface area (Å²) in [5.74, 6) is -1.67. The molecule has 0 amide bonds. The zero-order chi connectivity index (χ0) is 20.9. The first-order valence-corrected chi connectivity index (χ1v) is 10.5. The lowest BCUT2D eigenvalue weighted by Gasteiger charge is -2.32. The third-order valence-electron chi connectivity index (χ3n) is 5.03. The van der Waals surface area contributed by atoms with Gasteiger partial charge in [0.25, 0.3) is 0 Å². The first-order valence-electron chi connectivity index (χ1n) is 8.63. The highest BCUT2D eigenvalue weighted by Gasteiger charge is 2.52. The van der Waals surface area contributed by atoms with E-state index in [1.807, 2.05) is 27.7 Å². The van der Waals surface area contributed by atoms with Crippen LogP contribution >= 0.6 is 0 Å². The molecule has 0 spiro atoms. The van der Waals surface area contributed by atoms with E-state index >= 15 is 0 Å². The van der Waals surface area contributed by atoms with E-state index in [4.69, 9.17) is 14.0 Å². The summed E-state index contributed by atoms with van der Waals surface area (Å²) >= 11 is 0. The third kappa shape index (κ3) is 3.92. The number of hydrogen-bond donors (Lipinski definition) is 0. The quantitative estimate of drug-likeness (QED) is 0.723. The van der Waals surface area contributed by atoms with Gasteiger partial charge >= 0.3 is 7.12 Å². The molecule has 1 aliphatic heterocycles. The standard InChI is InChI=1S/C19H21BF2O5S/c1-18(2)19(3,4)27-20(26-18)14-11-13(28(5,23)24)7-9-16(14)25-17-8-6-12(21)10-15(17)22/h6-11H,1-5H3. The van der Waals surface area contributed by atoms with Crippen molar-refractivity contribution in [2.24, 2.45) is 0 Å². The Bertz CT molecular complexity index is 1000. The topological polar surface area (TPSA) is 61.8 Å². The van der Waals surface area contributed by atoms with Crippen LogP contribution in [0.3, 0.4) is 0 Å². The highest BCUT2D eigenvalue weighted by Crippen LogP contribution is 2.38. The molecule has 0 bridgehead atoms. The second kappa shape index (κ2) is 6.82.